The van der Waals surface area contributed by atoms with Crippen LogP contribution in [-0.2, 0) is 4.74 Å². The van der Waals surface area contributed by atoms with Gasteiger partial charge in [-0.15, -0.1) is 0 Å². The van der Waals surface area contributed by atoms with E-state index >= 15 is 0 Å². The van der Waals surface area contributed by atoms with E-state index < -0.39 is 0 Å². The smallest absolute Gasteiger partial charge is 0.147 e. The average molecular weight is 533 g/mol. The van der Waals surface area contributed by atoms with Gasteiger partial charge >= 0.3 is 0 Å². The lowest BCUT2D eigenvalue weighted by Crippen LogP contribution is -2.24. The third-order valence-electron chi connectivity index (χ3n) is 2.87. The van der Waals surface area contributed by atoms with Gasteiger partial charge in [0.15, 0.2) is 0 Å². The molecule has 0 atom stereocenters. The van der Waals surface area contributed by atoms with Crippen molar-refractivity contribution < 1.29 is 9.47 Å². The highest BCUT2D eigenvalue weighted by Crippen LogP contribution is 2.36. The van der Waals surface area contributed by atoms with Gasteiger partial charge in [0.1, 0.15) is 12.4 Å². The molecule has 0 saturated carbocycles. The Labute approximate surface area is 165 Å². The average Bonchev–Trinajstić information content (AvgIpc) is 2.42. The number of benzene rings is 1. The molecule has 1 aliphatic rings. The lowest BCUT2D eigenvalue weighted by atomic mass is 10.3. The summed E-state index contributed by atoms with van der Waals surface area (Å²) in [5.41, 5.74) is 1.32. The molecule has 1 aliphatic heterocycles. The molecule has 22 heavy (non-hydrogen) atoms. The van der Waals surface area contributed by atoms with E-state index in [4.69, 9.17) is 9.47 Å². The van der Waals surface area contributed by atoms with Crippen LogP contribution >= 0.6 is 71.3 Å². The second-order valence-electron chi connectivity index (χ2n) is 4.82. The third-order valence-corrected chi connectivity index (χ3v) is 6.94. The summed E-state index contributed by atoms with van der Waals surface area (Å²) in [4.78, 5) is 0. The highest BCUT2D eigenvalue weighted by molar-refractivity contribution is 9.11. The molecule has 0 unspecified atom stereocenters. The van der Waals surface area contributed by atoms with E-state index in [9.17, 15) is 0 Å². The van der Waals surface area contributed by atoms with Crippen LogP contribution in [0.5, 0.6) is 5.75 Å². The van der Waals surface area contributed by atoms with Crippen LogP contribution in [0, 0.1) is 0 Å². The van der Waals surface area contributed by atoms with E-state index in [0.717, 1.165) is 42.2 Å². The van der Waals surface area contributed by atoms with Gasteiger partial charge in [0.25, 0.3) is 0 Å². The summed E-state index contributed by atoms with van der Waals surface area (Å²) >= 11 is 14.3. The molecule has 0 amide bonds. The second-order valence-corrected chi connectivity index (χ2v) is 9.50. The molecule has 1 saturated heterocycles. The Balaban J connectivity index is 1.74. The van der Waals surface area contributed by atoms with Crippen LogP contribution in [0.1, 0.15) is 0 Å². The van der Waals surface area contributed by atoms with E-state index in [0.29, 0.717) is 19.3 Å². The standard InChI is InChI=1S/C15H17Br3O2S2/c1-10-6-21-8-12(9-22-7-10)19-2-3-20-15-13(17)4-11(16)5-14(15)18/h4-5,12H,1-3,6-9H2. The summed E-state index contributed by atoms with van der Waals surface area (Å²) in [5.74, 6) is 4.95. The van der Waals surface area contributed by atoms with E-state index in [1.54, 1.807) is 0 Å². The summed E-state index contributed by atoms with van der Waals surface area (Å²) in [6.45, 7) is 5.20. The molecule has 1 heterocycles. The van der Waals surface area contributed by atoms with Crippen molar-refractivity contribution in [2.24, 2.45) is 0 Å². The van der Waals surface area contributed by atoms with Gasteiger partial charge in [0.2, 0.25) is 0 Å². The molecule has 2 nitrogen and oxygen atoms in total. The fourth-order valence-corrected chi connectivity index (χ4v) is 6.62. The topological polar surface area (TPSA) is 18.5 Å². The molecule has 0 radical (unpaired) electrons. The molecule has 0 aromatic heterocycles. The molecule has 0 N–H and O–H groups in total. The van der Waals surface area contributed by atoms with Gasteiger partial charge in [0.05, 0.1) is 21.7 Å². The number of hydrogen-bond donors (Lipinski definition) is 0. The summed E-state index contributed by atoms with van der Waals surface area (Å²) in [7, 11) is 0. The molecule has 1 fully saturated rings. The first-order valence-corrected chi connectivity index (χ1v) is 11.5. The quantitative estimate of drug-likeness (QED) is 0.353. The predicted octanol–water partition coefficient (Wildman–Crippen LogP) is 5.77. The second kappa shape index (κ2) is 9.99. The number of thioether (sulfide) groups is 2. The number of rotatable bonds is 5. The van der Waals surface area contributed by atoms with E-state index in [2.05, 4.69) is 54.4 Å². The highest BCUT2D eigenvalue weighted by atomic mass is 79.9. The zero-order chi connectivity index (χ0) is 15.9. The lowest BCUT2D eigenvalue weighted by molar-refractivity contribution is 0.0601. The van der Waals surface area contributed by atoms with Crippen LogP contribution < -0.4 is 4.74 Å². The first kappa shape index (κ1) is 19.2. The molecule has 0 bridgehead atoms. The minimum Gasteiger partial charge on any atom is -0.489 e. The van der Waals surface area contributed by atoms with Crippen molar-refractivity contribution in [2.75, 3.05) is 36.2 Å². The lowest BCUT2D eigenvalue weighted by Gasteiger charge is -2.21. The summed E-state index contributed by atoms with van der Waals surface area (Å²) in [6.07, 6.45) is 0.295. The zero-order valence-electron chi connectivity index (χ0n) is 11.9. The predicted molar refractivity (Wildman–Crippen MR) is 109 cm³/mol. The van der Waals surface area contributed by atoms with E-state index in [1.165, 1.54) is 5.57 Å². The molecule has 2 rings (SSSR count). The fourth-order valence-electron chi connectivity index (χ4n) is 1.88. The summed E-state index contributed by atoms with van der Waals surface area (Å²) < 4.78 is 14.6. The van der Waals surface area contributed by atoms with Crippen LogP contribution in [0.15, 0.2) is 37.7 Å². The van der Waals surface area contributed by atoms with Gasteiger partial charge in [-0.1, -0.05) is 28.1 Å². The van der Waals surface area contributed by atoms with Crippen LogP contribution in [0.3, 0.4) is 0 Å². The normalized spacial score (nSPS) is 17.1. The maximum Gasteiger partial charge on any atom is 0.147 e. The molecule has 0 aliphatic carbocycles. The molecule has 1 aromatic carbocycles. The van der Waals surface area contributed by atoms with Crippen molar-refractivity contribution in [3.05, 3.63) is 37.7 Å². The number of hydrogen-bond acceptors (Lipinski definition) is 4. The van der Waals surface area contributed by atoms with Gasteiger partial charge in [-0.05, 0) is 44.0 Å². The Hall–Kier alpha value is 0.860. The van der Waals surface area contributed by atoms with Crippen LogP contribution in [0.25, 0.3) is 0 Å². The maximum absolute atomic E-state index is 5.94. The Morgan fingerprint density at radius 2 is 1.64 bits per heavy atom. The number of halogens is 3. The van der Waals surface area contributed by atoms with Crippen LogP contribution in [-0.4, -0.2) is 42.3 Å². The summed E-state index contributed by atoms with van der Waals surface area (Å²) in [5, 5.41) is 0. The van der Waals surface area contributed by atoms with Crippen molar-refractivity contribution in [2.45, 2.75) is 6.10 Å². The largest absolute Gasteiger partial charge is 0.489 e. The molecular weight excluding hydrogens is 516 g/mol. The van der Waals surface area contributed by atoms with Gasteiger partial charge in [-0.3, -0.25) is 0 Å². The summed E-state index contributed by atoms with van der Waals surface area (Å²) in [6, 6.07) is 3.94. The number of ether oxygens (including phenoxy) is 2. The Morgan fingerprint density at radius 1 is 1.05 bits per heavy atom. The highest BCUT2D eigenvalue weighted by Gasteiger charge is 2.14. The van der Waals surface area contributed by atoms with Crippen molar-refractivity contribution in [3.63, 3.8) is 0 Å². The zero-order valence-corrected chi connectivity index (χ0v) is 18.3. The van der Waals surface area contributed by atoms with Crippen molar-refractivity contribution in [1.82, 2.24) is 0 Å². The van der Waals surface area contributed by atoms with Gasteiger partial charge in [-0.25, -0.2) is 0 Å². The van der Waals surface area contributed by atoms with Gasteiger partial charge in [-0.2, -0.15) is 23.5 Å². The molecular formula is C15H17Br3O2S2. The third kappa shape index (κ3) is 6.40. The van der Waals surface area contributed by atoms with Crippen molar-refractivity contribution in [3.8, 4) is 5.75 Å². The Kier molecular flexibility index (Phi) is 8.71. The molecule has 0 spiro atoms. The molecule has 1 aromatic rings. The molecule has 7 heteroatoms. The monoisotopic (exact) mass is 530 g/mol. The maximum atomic E-state index is 5.94. The minimum atomic E-state index is 0.295. The van der Waals surface area contributed by atoms with Crippen LogP contribution in [0.2, 0.25) is 0 Å². The molecule has 122 valence electrons. The van der Waals surface area contributed by atoms with Crippen molar-refractivity contribution in [1.29, 1.82) is 0 Å². The van der Waals surface area contributed by atoms with Crippen molar-refractivity contribution >= 4 is 71.3 Å². The van der Waals surface area contributed by atoms with Gasteiger partial charge in [0, 0.05) is 27.5 Å². The Morgan fingerprint density at radius 3 is 2.23 bits per heavy atom. The van der Waals surface area contributed by atoms with E-state index in [-0.39, 0.29) is 0 Å². The van der Waals surface area contributed by atoms with Gasteiger partial charge < -0.3 is 9.47 Å². The minimum absolute atomic E-state index is 0.295. The first-order chi connectivity index (χ1) is 10.6. The van der Waals surface area contributed by atoms with Crippen LogP contribution in [0.4, 0.5) is 0 Å². The van der Waals surface area contributed by atoms with E-state index in [1.807, 2.05) is 35.7 Å². The Bertz CT molecular complexity index is 491. The fraction of sp³-hybridized carbons (Fsp3) is 0.467. The first-order valence-electron chi connectivity index (χ1n) is 6.77. The SMILES string of the molecule is C=C1CSCC(OCCOc2c(Br)cc(Br)cc2Br)CSC1.